The quantitative estimate of drug-likeness (QED) is 0.794. The number of rotatable bonds is 4. The number of nitrogens with zero attached hydrogens (tertiary/aromatic N) is 4. The normalized spacial score (nSPS) is 10.9. The summed E-state index contributed by atoms with van der Waals surface area (Å²) in [6.07, 6.45) is 1.68. The molecule has 0 bridgehead atoms. The van der Waals surface area contributed by atoms with Crippen LogP contribution in [0.4, 0.5) is 0 Å². The van der Waals surface area contributed by atoms with Crippen LogP contribution < -0.4 is 10.5 Å². The number of benzene rings is 1. The zero-order chi connectivity index (χ0) is 15.5. The number of aryl methyl sites for hydroxylation is 1. The number of hydrogen-bond donors (Lipinski definition) is 1. The Morgan fingerprint density at radius 3 is 2.77 bits per heavy atom. The average Bonchev–Trinajstić information content (AvgIpc) is 2.54. The minimum Gasteiger partial charge on any atom is -0.478 e. The lowest BCUT2D eigenvalue weighted by Crippen LogP contribution is -2.05. The third-order valence-corrected chi connectivity index (χ3v) is 3.27. The topological polar surface area (TPSA) is 86.8 Å². The molecule has 0 atom stereocenters. The van der Waals surface area contributed by atoms with Gasteiger partial charge in [0.2, 0.25) is 5.88 Å². The second-order valence-corrected chi connectivity index (χ2v) is 4.77. The lowest BCUT2D eigenvalue weighted by atomic mass is 10.1. The Labute approximate surface area is 128 Å². The summed E-state index contributed by atoms with van der Waals surface area (Å²) in [6.45, 7) is 4.67. The molecule has 3 rings (SSSR count). The second-order valence-electron chi connectivity index (χ2n) is 4.77. The molecule has 0 amide bonds. The van der Waals surface area contributed by atoms with E-state index in [4.69, 9.17) is 10.5 Å². The van der Waals surface area contributed by atoms with Gasteiger partial charge in [0.1, 0.15) is 5.82 Å². The highest BCUT2D eigenvalue weighted by Crippen LogP contribution is 2.28. The molecule has 1 aromatic carbocycles. The zero-order valence-corrected chi connectivity index (χ0v) is 12.6. The molecule has 2 aromatic heterocycles. The molecule has 0 saturated carbocycles. The van der Waals surface area contributed by atoms with Crippen molar-refractivity contribution >= 4 is 10.9 Å². The van der Waals surface area contributed by atoms with Gasteiger partial charge in [0.25, 0.3) is 0 Å². The Bertz CT molecular complexity index is 819. The number of fused-ring (bicyclic) bond motifs is 1. The summed E-state index contributed by atoms with van der Waals surface area (Å²) in [5.74, 6) is 1.83. The highest BCUT2D eigenvalue weighted by Gasteiger charge is 2.13. The van der Waals surface area contributed by atoms with Crippen molar-refractivity contribution in [3.8, 4) is 17.3 Å². The Hall–Kier alpha value is -2.60. The zero-order valence-electron chi connectivity index (χ0n) is 12.6. The lowest BCUT2D eigenvalue weighted by molar-refractivity contribution is 0.326. The summed E-state index contributed by atoms with van der Waals surface area (Å²) in [5, 5.41) is 0.893. The van der Waals surface area contributed by atoms with Crippen LogP contribution in [0.15, 0.2) is 30.5 Å². The van der Waals surface area contributed by atoms with E-state index in [-0.39, 0.29) is 0 Å². The van der Waals surface area contributed by atoms with Gasteiger partial charge < -0.3 is 10.5 Å². The number of nitrogens with two attached hydrogens (primary N) is 1. The van der Waals surface area contributed by atoms with Crippen molar-refractivity contribution in [2.75, 3.05) is 6.61 Å². The second kappa shape index (κ2) is 6.03. The van der Waals surface area contributed by atoms with Crippen molar-refractivity contribution in [1.82, 2.24) is 19.9 Å². The predicted octanol–water partition coefficient (Wildman–Crippen LogP) is 2.25. The van der Waals surface area contributed by atoms with E-state index in [1.807, 2.05) is 32.0 Å². The van der Waals surface area contributed by atoms with E-state index in [2.05, 4.69) is 19.9 Å². The molecule has 3 aromatic rings. The fraction of sp³-hybridized carbons (Fsp3) is 0.250. The van der Waals surface area contributed by atoms with Crippen LogP contribution in [0.1, 0.15) is 18.4 Å². The largest absolute Gasteiger partial charge is 0.478 e. The maximum absolute atomic E-state index is 5.85. The van der Waals surface area contributed by atoms with Crippen LogP contribution in [0.5, 0.6) is 5.88 Å². The SMILES string of the molecule is CCOc1ccnc(-c2cccc3nc(C)nc(CN)c23)n1. The summed E-state index contributed by atoms with van der Waals surface area (Å²) in [5.41, 5.74) is 8.35. The summed E-state index contributed by atoms with van der Waals surface area (Å²) in [7, 11) is 0. The van der Waals surface area contributed by atoms with Crippen molar-refractivity contribution in [1.29, 1.82) is 0 Å². The molecule has 6 heteroatoms. The number of ether oxygens (including phenoxy) is 1. The Morgan fingerprint density at radius 1 is 1.14 bits per heavy atom. The van der Waals surface area contributed by atoms with Crippen LogP contribution >= 0.6 is 0 Å². The Balaban J connectivity index is 2.24. The molecule has 0 aliphatic carbocycles. The molecule has 0 saturated heterocycles. The van der Waals surface area contributed by atoms with E-state index in [0.717, 1.165) is 22.2 Å². The van der Waals surface area contributed by atoms with E-state index in [9.17, 15) is 0 Å². The first-order valence-electron chi connectivity index (χ1n) is 7.15. The molecular formula is C16H17N5O. The van der Waals surface area contributed by atoms with Gasteiger partial charge in [-0.15, -0.1) is 0 Å². The molecule has 6 nitrogen and oxygen atoms in total. The van der Waals surface area contributed by atoms with Gasteiger partial charge in [0.15, 0.2) is 5.82 Å². The summed E-state index contributed by atoms with van der Waals surface area (Å²) >= 11 is 0. The van der Waals surface area contributed by atoms with Gasteiger partial charge in [-0.25, -0.2) is 15.0 Å². The van der Waals surface area contributed by atoms with Crippen molar-refractivity contribution < 1.29 is 4.74 Å². The molecule has 0 aliphatic rings. The van der Waals surface area contributed by atoms with Gasteiger partial charge in [-0.3, -0.25) is 0 Å². The van der Waals surface area contributed by atoms with Gasteiger partial charge in [0, 0.05) is 29.8 Å². The number of hydrogen-bond acceptors (Lipinski definition) is 6. The monoisotopic (exact) mass is 295 g/mol. The van der Waals surface area contributed by atoms with Gasteiger partial charge in [-0.05, 0) is 19.9 Å². The van der Waals surface area contributed by atoms with Crippen LogP contribution in [0.25, 0.3) is 22.3 Å². The van der Waals surface area contributed by atoms with E-state index in [1.54, 1.807) is 12.3 Å². The van der Waals surface area contributed by atoms with E-state index in [1.165, 1.54) is 0 Å². The Kier molecular flexibility index (Phi) is 3.93. The van der Waals surface area contributed by atoms with Crippen LogP contribution in [-0.2, 0) is 6.54 Å². The van der Waals surface area contributed by atoms with E-state index >= 15 is 0 Å². The van der Waals surface area contributed by atoms with Gasteiger partial charge in [0.05, 0.1) is 17.8 Å². The van der Waals surface area contributed by atoms with E-state index in [0.29, 0.717) is 30.7 Å². The molecule has 0 fully saturated rings. The third-order valence-electron chi connectivity index (χ3n) is 3.27. The Morgan fingerprint density at radius 2 is 2.00 bits per heavy atom. The predicted molar refractivity (Wildman–Crippen MR) is 84.4 cm³/mol. The summed E-state index contributed by atoms with van der Waals surface area (Å²) in [4.78, 5) is 17.7. The van der Waals surface area contributed by atoms with Crippen LogP contribution in [0.2, 0.25) is 0 Å². The molecule has 0 radical (unpaired) electrons. The average molecular weight is 295 g/mol. The summed E-state index contributed by atoms with van der Waals surface area (Å²) < 4.78 is 5.45. The maximum Gasteiger partial charge on any atom is 0.216 e. The van der Waals surface area contributed by atoms with Crippen molar-refractivity contribution in [2.45, 2.75) is 20.4 Å². The van der Waals surface area contributed by atoms with Gasteiger partial charge in [-0.1, -0.05) is 12.1 Å². The smallest absolute Gasteiger partial charge is 0.216 e. The number of aromatic nitrogens is 4. The van der Waals surface area contributed by atoms with Crippen LogP contribution in [-0.4, -0.2) is 26.5 Å². The van der Waals surface area contributed by atoms with Crippen molar-refractivity contribution in [3.63, 3.8) is 0 Å². The maximum atomic E-state index is 5.85. The summed E-state index contributed by atoms with van der Waals surface area (Å²) in [6, 6.07) is 7.56. The van der Waals surface area contributed by atoms with Crippen LogP contribution in [0, 0.1) is 6.92 Å². The first-order valence-corrected chi connectivity index (χ1v) is 7.15. The lowest BCUT2D eigenvalue weighted by Gasteiger charge is -2.10. The van der Waals surface area contributed by atoms with E-state index < -0.39 is 0 Å². The highest BCUT2D eigenvalue weighted by molar-refractivity contribution is 5.94. The fourth-order valence-corrected chi connectivity index (χ4v) is 2.42. The van der Waals surface area contributed by atoms with Crippen molar-refractivity contribution in [2.24, 2.45) is 5.73 Å². The highest BCUT2D eigenvalue weighted by atomic mass is 16.5. The first-order chi connectivity index (χ1) is 10.7. The first kappa shape index (κ1) is 14.3. The molecule has 112 valence electrons. The minimum atomic E-state index is 0.335. The standard InChI is InChI=1S/C16H17N5O/c1-3-22-14-7-8-18-16(21-14)11-5-4-6-12-15(11)13(9-17)20-10(2)19-12/h4-8H,3,9,17H2,1-2H3. The fourth-order valence-electron chi connectivity index (χ4n) is 2.42. The molecule has 0 aliphatic heterocycles. The van der Waals surface area contributed by atoms with Crippen LogP contribution in [0.3, 0.4) is 0 Å². The molecular weight excluding hydrogens is 278 g/mol. The molecule has 0 unspecified atom stereocenters. The molecule has 0 spiro atoms. The molecule has 2 heterocycles. The molecule has 2 N–H and O–H groups in total. The minimum absolute atomic E-state index is 0.335. The van der Waals surface area contributed by atoms with Crippen molar-refractivity contribution in [3.05, 3.63) is 42.0 Å². The van der Waals surface area contributed by atoms with Gasteiger partial charge in [-0.2, -0.15) is 4.98 Å². The third kappa shape index (κ3) is 2.60. The molecule has 22 heavy (non-hydrogen) atoms. The van der Waals surface area contributed by atoms with Gasteiger partial charge >= 0.3 is 0 Å².